The zero-order chi connectivity index (χ0) is 28.1. The largest absolute Gasteiger partial charge is 0.370 e. The molecule has 0 aliphatic carbocycles. The van der Waals surface area contributed by atoms with Crippen LogP contribution < -0.4 is 22.1 Å². The molecule has 0 bridgehead atoms. The molecule has 0 heterocycles. The van der Waals surface area contributed by atoms with Gasteiger partial charge in [-0.25, -0.2) is 0 Å². The van der Waals surface area contributed by atoms with E-state index in [-0.39, 0.29) is 17.8 Å². The van der Waals surface area contributed by atoms with Crippen molar-refractivity contribution in [3.05, 3.63) is 0 Å². The third-order valence-corrected chi connectivity index (χ3v) is 7.18. The second-order valence-electron chi connectivity index (χ2n) is 11.0. The van der Waals surface area contributed by atoms with Gasteiger partial charge in [0.2, 0.25) is 11.8 Å². The fourth-order valence-electron chi connectivity index (χ4n) is 4.75. The lowest BCUT2D eigenvalue weighted by Crippen LogP contribution is -2.47. The molecule has 0 saturated carbocycles. The molecular formula is C31H63N5O2. The molecule has 0 saturated heterocycles. The SMILES string of the molecule is CCCCCCCCCCCCNC(=O)C(CCCCN=C(N)N)NC(=O)CCCCCCCCCCC. The van der Waals surface area contributed by atoms with Gasteiger partial charge in [-0.05, 0) is 32.1 Å². The van der Waals surface area contributed by atoms with Gasteiger partial charge in [-0.15, -0.1) is 0 Å². The fraction of sp³-hybridized carbons (Fsp3) is 0.903. The van der Waals surface area contributed by atoms with E-state index in [1.165, 1.54) is 96.3 Å². The van der Waals surface area contributed by atoms with Crippen LogP contribution in [-0.4, -0.2) is 36.9 Å². The molecule has 7 nitrogen and oxygen atoms in total. The molecule has 0 rings (SSSR count). The Bertz CT molecular complexity index is 579. The Hall–Kier alpha value is -1.79. The number of hydrogen-bond donors (Lipinski definition) is 4. The van der Waals surface area contributed by atoms with E-state index in [2.05, 4.69) is 29.5 Å². The standard InChI is InChI=1S/C31H63N5O2/c1-3-5-7-9-11-13-15-17-19-22-26-34-30(38)28(24-21-23-27-35-31(32)33)36-29(37)25-20-18-16-14-12-10-8-6-4-2/h28H,3-27H2,1-2H3,(H,34,38)(H,36,37)(H4,32,33,35). The smallest absolute Gasteiger partial charge is 0.242 e. The van der Waals surface area contributed by atoms with Crippen LogP contribution in [0.25, 0.3) is 0 Å². The molecule has 2 amide bonds. The van der Waals surface area contributed by atoms with E-state index in [0.717, 1.165) is 38.5 Å². The molecule has 0 aliphatic heterocycles. The zero-order valence-corrected chi connectivity index (χ0v) is 25.2. The Kier molecular flexibility index (Phi) is 26.9. The van der Waals surface area contributed by atoms with E-state index in [9.17, 15) is 9.59 Å². The minimum atomic E-state index is -0.483. The zero-order valence-electron chi connectivity index (χ0n) is 25.2. The molecule has 0 fully saturated rings. The van der Waals surface area contributed by atoms with Gasteiger partial charge in [0.05, 0.1) is 0 Å². The van der Waals surface area contributed by atoms with Crippen molar-refractivity contribution < 1.29 is 9.59 Å². The summed E-state index contributed by atoms with van der Waals surface area (Å²) in [5.74, 6) is 0.00416. The van der Waals surface area contributed by atoms with Crippen molar-refractivity contribution in [3.63, 3.8) is 0 Å². The first-order chi connectivity index (χ1) is 18.5. The quantitative estimate of drug-likeness (QED) is 0.0494. The molecule has 0 spiro atoms. The Morgan fingerprint density at radius 2 is 1.11 bits per heavy atom. The molecule has 0 aromatic heterocycles. The maximum absolute atomic E-state index is 12.8. The maximum atomic E-state index is 12.8. The van der Waals surface area contributed by atoms with E-state index >= 15 is 0 Å². The number of rotatable bonds is 28. The van der Waals surface area contributed by atoms with Crippen molar-refractivity contribution in [1.29, 1.82) is 0 Å². The first-order valence-corrected chi connectivity index (χ1v) is 16.1. The van der Waals surface area contributed by atoms with E-state index in [0.29, 0.717) is 25.9 Å². The molecule has 0 aliphatic rings. The number of amides is 2. The summed E-state index contributed by atoms with van der Waals surface area (Å²) < 4.78 is 0. The number of unbranched alkanes of at least 4 members (excludes halogenated alkanes) is 18. The van der Waals surface area contributed by atoms with Crippen LogP contribution in [0, 0.1) is 0 Å². The Morgan fingerprint density at radius 3 is 1.61 bits per heavy atom. The molecule has 224 valence electrons. The first-order valence-electron chi connectivity index (χ1n) is 16.1. The van der Waals surface area contributed by atoms with Crippen LogP contribution in [0.5, 0.6) is 0 Å². The summed E-state index contributed by atoms with van der Waals surface area (Å²) in [6.45, 7) is 5.71. The summed E-state index contributed by atoms with van der Waals surface area (Å²) in [7, 11) is 0. The lowest BCUT2D eigenvalue weighted by atomic mass is 10.1. The molecule has 1 atom stereocenters. The molecule has 0 radical (unpaired) electrons. The summed E-state index contributed by atoms with van der Waals surface area (Å²) in [5, 5.41) is 6.05. The van der Waals surface area contributed by atoms with Gasteiger partial charge < -0.3 is 22.1 Å². The molecular weight excluding hydrogens is 474 g/mol. The average Bonchev–Trinajstić information content (AvgIpc) is 2.89. The van der Waals surface area contributed by atoms with Gasteiger partial charge in [0, 0.05) is 19.5 Å². The highest BCUT2D eigenvalue weighted by atomic mass is 16.2. The fourth-order valence-corrected chi connectivity index (χ4v) is 4.75. The number of carbonyl (C=O) groups excluding carboxylic acids is 2. The van der Waals surface area contributed by atoms with Crippen molar-refractivity contribution in [2.24, 2.45) is 16.5 Å². The van der Waals surface area contributed by atoms with Gasteiger partial charge >= 0.3 is 0 Å². The van der Waals surface area contributed by atoms with Gasteiger partial charge in [-0.3, -0.25) is 14.6 Å². The minimum absolute atomic E-state index is 0.0174. The van der Waals surface area contributed by atoms with E-state index in [1.54, 1.807) is 0 Å². The molecule has 0 aromatic rings. The molecule has 0 aromatic carbocycles. The van der Waals surface area contributed by atoms with Crippen LogP contribution >= 0.6 is 0 Å². The summed E-state index contributed by atoms with van der Waals surface area (Å²) in [5.41, 5.74) is 10.8. The Labute approximate surface area is 235 Å². The number of guanidine groups is 1. The van der Waals surface area contributed by atoms with Crippen LogP contribution in [0.2, 0.25) is 0 Å². The third kappa shape index (κ3) is 25.8. The normalized spacial score (nSPS) is 11.7. The second kappa shape index (κ2) is 28.2. The highest BCUT2D eigenvalue weighted by Crippen LogP contribution is 2.12. The minimum Gasteiger partial charge on any atom is -0.370 e. The van der Waals surface area contributed by atoms with Gasteiger partial charge in [0.15, 0.2) is 5.96 Å². The summed E-state index contributed by atoms with van der Waals surface area (Å²) in [4.78, 5) is 29.4. The number of hydrogen-bond acceptors (Lipinski definition) is 3. The summed E-state index contributed by atoms with van der Waals surface area (Å²) in [6.07, 6.45) is 26.4. The predicted octanol–water partition coefficient (Wildman–Crippen LogP) is 6.87. The van der Waals surface area contributed by atoms with Crippen LogP contribution in [0.15, 0.2) is 4.99 Å². The van der Waals surface area contributed by atoms with Crippen LogP contribution in [0.4, 0.5) is 0 Å². The average molecular weight is 538 g/mol. The monoisotopic (exact) mass is 537 g/mol. The topological polar surface area (TPSA) is 123 Å². The Balaban J connectivity index is 4.18. The molecule has 38 heavy (non-hydrogen) atoms. The van der Waals surface area contributed by atoms with Gasteiger partial charge in [0.1, 0.15) is 6.04 Å². The highest BCUT2D eigenvalue weighted by Gasteiger charge is 2.19. The Morgan fingerprint density at radius 1 is 0.632 bits per heavy atom. The highest BCUT2D eigenvalue weighted by molar-refractivity contribution is 5.87. The van der Waals surface area contributed by atoms with Crippen molar-refractivity contribution in [2.45, 2.75) is 168 Å². The van der Waals surface area contributed by atoms with Crippen LogP contribution in [0.3, 0.4) is 0 Å². The van der Waals surface area contributed by atoms with E-state index in [1.807, 2.05) is 0 Å². The second-order valence-corrected chi connectivity index (χ2v) is 11.0. The maximum Gasteiger partial charge on any atom is 0.242 e. The van der Waals surface area contributed by atoms with Crippen molar-refractivity contribution in [2.75, 3.05) is 13.1 Å². The summed E-state index contributed by atoms with van der Waals surface area (Å²) >= 11 is 0. The number of aliphatic imine (C=N–C) groups is 1. The van der Waals surface area contributed by atoms with Gasteiger partial charge in [0.25, 0.3) is 0 Å². The number of nitrogens with one attached hydrogen (secondary N) is 2. The van der Waals surface area contributed by atoms with Crippen molar-refractivity contribution in [3.8, 4) is 0 Å². The van der Waals surface area contributed by atoms with Gasteiger partial charge in [-0.2, -0.15) is 0 Å². The third-order valence-electron chi connectivity index (χ3n) is 7.18. The predicted molar refractivity (Wildman–Crippen MR) is 163 cm³/mol. The lowest BCUT2D eigenvalue weighted by molar-refractivity contribution is -0.129. The van der Waals surface area contributed by atoms with Gasteiger partial charge in [-0.1, -0.05) is 123 Å². The lowest BCUT2D eigenvalue weighted by Gasteiger charge is -2.18. The molecule has 6 N–H and O–H groups in total. The summed E-state index contributed by atoms with van der Waals surface area (Å²) in [6, 6.07) is -0.483. The molecule has 7 heteroatoms. The van der Waals surface area contributed by atoms with E-state index in [4.69, 9.17) is 11.5 Å². The van der Waals surface area contributed by atoms with Crippen LogP contribution in [0.1, 0.15) is 162 Å². The van der Waals surface area contributed by atoms with Crippen molar-refractivity contribution >= 4 is 17.8 Å². The number of nitrogens with two attached hydrogens (primary N) is 2. The molecule has 1 unspecified atom stereocenters. The number of nitrogens with zero attached hydrogens (tertiary/aromatic N) is 1. The number of carbonyl (C=O) groups is 2. The first kappa shape index (κ1) is 36.2. The van der Waals surface area contributed by atoms with E-state index < -0.39 is 6.04 Å². The van der Waals surface area contributed by atoms with Crippen molar-refractivity contribution in [1.82, 2.24) is 10.6 Å². The van der Waals surface area contributed by atoms with Crippen LogP contribution in [-0.2, 0) is 9.59 Å².